The van der Waals surface area contributed by atoms with Crippen LogP contribution in [-0.4, -0.2) is 37.7 Å². The molecule has 3 saturated heterocycles. The quantitative estimate of drug-likeness (QED) is 0.827. The number of piperidine rings is 3. The fraction of sp³-hybridized carbons (Fsp3) is 0.455. The van der Waals surface area contributed by atoms with Gasteiger partial charge in [-0.3, -0.25) is 0 Å². The maximum absolute atomic E-state index is 5.95. The number of ether oxygens (including phenoxy) is 2. The maximum atomic E-state index is 5.95. The van der Waals surface area contributed by atoms with E-state index in [9.17, 15) is 0 Å². The van der Waals surface area contributed by atoms with Gasteiger partial charge in [0.15, 0.2) is 11.5 Å². The van der Waals surface area contributed by atoms with Crippen molar-refractivity contribution in [1.29, 1.82) is 0 Å². The zero-order valence-electron chi connectivity index (χ0n) is 15.5. The summed E-state index contributed by atoms with van der Waals surface area (Å²) in [5.41, 5.74) is 2.40. The Balaban J connectivity index is 1.35. The molecule has 26 heavy (non-hydrogen) atoms. The summed E-state index contributed by atoms with van der Waals surface area (Å²) >= 11 is 0. The van der Waals surface area contributed by atoms with Crippen LogP contribution in [0.1, 0.15) is 24.0 Å². The van der Waals surface area contributed by atoms with E-state index in [1.54, 1.807) is 7.11 Å². The van der Waals surface area contributed by atoms with Gasteiger partial charge < -0.3 is 19.7 Å². The topological polar surface area (TPSA) is 33.7 Å². The van der Waals surface area contributed by atoms with Crippen LogP contribution in [0.15, 0.2) is 48.5 Å². The molecule has 138 valence electrons. The maximum Gasteiger partial charge on any atom is 0.161 e. The number of nitrogens with one attached hydrogen (secondary N) is 1. The summed E-state index contributed by atoms with van der Waals surface area (Å²) in [4.78, 5) is 2.58. The lowest BCUT2D eigenvalue weighted by molar-refractivity contribution is 0.0720. The average molecular weight is 352 g/mol. The Bertz CT molecular complexity index is 711. The highest BCUT2D eigenvalue weighted by molar-refractivity contribution is 5.43. The van der Waals surface area contributed by atoms with Crippen molar-refractivity contribution in [2.45, 2.75) is 32.0 Å². The highest BCUT2D eigenvalue weighted by Gasteiger charge is 2.33. The highest BCUT2D eigenvalue weighted by atomic mass is 16.5. The number of nitrogens with zero attached hydrogens (tertiary/aromatic N) is 1. The molecule has 2 aromatic rings. The van der Waals surface area contributed by atoms with E-state index in [0.29, 0.717) is 12.6 Å². The molecule has 0 radical (unpaired) electrons. The zero-order valence-corrected chi connectivity index (χ0v) is 15.5. The second kappa shape index (κ2) is 8.11. The summed E-state index contributed by atoms with van der Waals surface area (Å²) in [5.74, 6) is 2.44. The Hall–Kier alpha value is -2.04. The first-order valence-corrected chi connectivity index (χ1v) is 9.61. The molecule has 0 spiro atoms. The van der Waals surface area contributed by atoms with Gasteiger partial charge in [-0.1, -0.05) is 36.4 Å². The van der Waals surface area contributed by atoms with Gasteiger partial charge in [0.05, 0.1) is 7.11 Å². The molecule has 0 saturated carbocycles. The highest BCUT2D eigenvalue weighted by Crippen LogP contribution is 2.30. The van der Waals surface area contributed by atoms with E-state index in [1.165, 1.54) is 38.0 Å². The van der Waals surface area contributed by atoms with Crippen molar-refractivity contribution in [2.24, 2.45) is 5.92 Å². The molecule has 3 aliphatic heterocycles. The Morgan fingerprint density at radius 1 is 1.00 bits per heavy atom. The molecule has 3 fully saturated rings. The number of rotatable bonds is 7. The Labute approximate surface area is 156 Å². The molecule has 0 aliphatic carbocycles. The van der Waals surface area contributed by atoms with Crippen molar-refractivity contribution in [3.8, 4) is 11.5 Å². The summed E-state index contributed by atoms with van der Waals surface area (Å²) in [6.45, 7) is 5.19. The molecular weight excluding hydrogens is 324 g/mol. The zero-order chi connectivity index (χ0) is 17.8. The van der Waals surface area contributed by atoms with Crippen molar-refractivity contribution < 1.29 is 9.47 Å². The largest absolute Gasteiger partial charge is 0.493 e. The van der Waals surface area contributed by atoms with Crippen LogP contribution in [0.2, 0.25) is 0 Å². The van der Waals surface area contributed by atoms with Crippen molar-refractivity contribution in [3.63, 3.8) is 0 Å². The van der Waals surface area contributed by atoms with E-state index in [1.807, 2.05) is 24.3 Å². The lowest BCUT2D eigenvalue weighted by atomic mass is 9.84. The van der Waals surface area contributed by atoms with Crippen LogP contribution in [0.4, 0.5) is 0 Å². The summed E-state index contributed by atoms with van der Waals surface area (Å²) in [6.07, 6.45) is 2.68. The molecule has 5 rings (SSSR count). The van der Waals surface area contributed by atoms with E-state index in [-0.39, 0.29) is 0 Å². The molecule has 2 aromatic carbocycles. The molecule has 1 unspecified atom stereocenters. The molecule has 2 bridgehead atoms. The molecule has 3 aliphatic rings. The van der Waals surface area contributed by atoms with Crippen molar-refractivity contribution in [3.05, 3.63) is 59.7 Å². The first-order chi connectivity index (χ1) is 12.8. The molecule has 0 amide bonds. The summed E-state index contributed by atoms with van der Waals surface area (Å²) in [6, 6.07) is 17.1. The van der Waals surface area contributed by atoms with Crippen LogP contribution >= 0.6 is 0 Å². The van der Waals surface area contributed by atoms with Crippen LogP contribution in [0.3, 0.4) is 0 Å². The molecule has 4 heteroatoms. The van der Waals surface area contributed by atoms with Crippen molar-refractivity contribution in [1.82, 2.24) is 10.2 Å². The number of hydrogen-bond acceptors (Lipinski definition) is 4. The van der Waals surface area contributed by atoms with E-state index >= 15 is 0 Å². The van der Waals surface area contributed by atoms with Gasteiger partial charge >= 0.3 is 0 Å². The number of fused-ring (bicyclic) bond motifs is 3. The third-order valence-electron chi connectivity index (χ3n) is 5.69. The SMILES string of the molecule is COc1cc(CNC2CN3CCC2CC3)ccc1OCc1ccccc1. The molecule has 3 heterocycles. The molecule has 0 aromatic heterocycles. The van der Waals surface area contributed by atoms with Gasteiger partial charge in [-0.25, -0.2) is 0 Å². The van der Waals surface area contributed by atoms with Crippen molar-refractivity contribution >= 4 is 0 Å². The minimum atomic E-state index is 0.550. The van der Waals surface area contributed by atoms with Gasteiger partial charge in [0.1, 0.15) is 6.61 Å². The lowest BCUT2D eigenvalue weighted by Gasteiger charge is -2.45. The molecule has 1 atom stereocenters. The normalized spacial score (nSPS) is 24.4. The predicted octanol–water partition coefficient (Wildman–Crippen LogP) is 3.46. The van der Waals surface area contributed by atoms with Crippen LogP contribution in [0.5, 0.6) is 11.5 Å². The lowest BCUT2D eigenvalue weighted by Crippen LogP contribution is -2.55. The van der Waals surface area contributed by atoms with Crippen LogP contribution in [0.25, 0.3) is 0 Å². The Morgan fingerprint density at radius 2 is 1.81 bits per heavy atom. The summed E-state index contributed by atoms with van der Waals surface area (Å²) in [7, 11) is 1.70. The van der Waals surface area contributed by atoms with Crippen LogP contribution < -0.4 is 14.8 Å². The minimum Gasteiger partial charge on any atom is -0.493 e. The van der Waals surface area contributed by atoms with E-state index in [4.69, 9.17) is 9.47 Å². The standard InChI is InChI=1S/C22H28N2O2/c1-25-22-13-18(14-23-20-15-24-11-9-19(20)10-12-24)7-8-21(22)26-16-17-5-3-2-4-6-17/h2-8,13,19-20,23H,9-12,14-16H2,1H3. The second-order valence-corrected chi connectivity index (χ2v) is 7.38. The second-order valence-electron chi connectivity index (χ2n) is 7.38. The van der Waals surface area contributed by atoms with E-state index in [0.717, 1.165) is 29.5 Å². The third-order valence-corrected chi connectivity index (χ3v) is 5.69. The average Bonchev–Trinajstić information content (AvgIpc) is 2.72. The first kappa shape index (κ1) is 17.4. The monoisotopic (exact) mass is 352 g/mol. The van der Waals surface area contributed by atoms with Gasteiger partial charge in [-0.05, 0) is 55.1 Å². The van der Waals surface area contributed by atoms with Gasteiger partial charge in [0, 0.05) is 19.1 Å². The smallest absolute Gasteiger partial charge is 0.161 e. The van der Waals surface area contributed by atoms with Gasteiger partial charge in [-0.2, -0.15) is 0 Å². The Morgan fingerprint density at radius 3 is 2.50 bits per heavy atom. The van der Waals surface area contributed by atoms with Crippen LogP contribution in [-0.2, 0) is 13.2 Å². The van der Waals surface area contributed by atoms with E-state index in [2.05, 4.69) is 34.5 Å². The fourth-order valence-electron chi connectivity index (χ4n) is 4.12. The van der Waals surface area contributed by atoms with Crippen LogP contribution in [0, 0.1) is 5.92 Å². The fourth-order valence-corrected chi connectivity index (χ4v) is 4.12. The molecule has 1 N–H and O–H groups in total. The number of methoxy groups -OCH3 is 1. The summed E-state index contributed by atoms with van der Waals surface area (Å²) in [5, 5.41) is 3.76. The third kappa shape index (κ3) is 4.02. The minimum absolute atomic E-state index is 0.550. The van der Waals surface area contributed by atoms with Gasteiger partial charge in [0.2, 0.25) is 0 Å². The predicted molar refractivity (Wildman–Crippen MR) is 104 cm³/mol. The van der Waals surface area contributed by atoms with Gasteiger partial charge in [-0.15, -0.1) is 0 Å². The summed E-state index contributed by atoms with van der Waals surface area (Å²) < 4.78 is 11.5. The van der Waals surface area contributed by atoms with Crippen molar-refractivity contribution in [2.75, 3.05) is 26.7 Å². The first-order valence-electron chi connectivity index (χ1n) is 9.61. The molecular formula is C22H28N2O2. The number of benzene rings is 2. The number of hydrogen-bond donors (Lipinski definition) is 1. The Kier molecular flexibility index (Phi) is 5.42. The van der Waals surface area contributed by atoms with Gasteiger partial charge in [0.25, 0.3) is 0 Å². The molecule has 4 nitrogen and oxygen atoms in total. The van der Waals surface area contributed by atoms with E-state index < -0.39 is 0 Å².